The monoisotopic (exact) mass is 227 g/mol. The molecule has 0 bridgehead atoms. The largest absolute Gasteiger partial charge is 0.300 e. The molecule has 0 spiro atoms. The number of benzene rings is 1. The molecule has 1 aromatic carbocycles. The number of nitriles is 1. The van der Waals surface area contributed by atoms with Gasteiger partial charge in [0.15, 0.2) is 0 Å². The van der Waals surface area contributed by atoms with E-state index < -0.39 is 0 Å². The summed E-state index contributed by atoms with van der Waals surface area (Å²) in [4.78, 5) is 11.9. The van der Waals surface area contributed by atoms with Crippen molar-refractivity contribution < 1.29 is 0 Å². The van der Waals surface area contributed by atoms with Crippen LogP contribution in [0.3, 0.4) is 0 Å². The predicted octanol–water partition coefficient (Wildman–Crippen LogP) is 1.87. The molecule has 0 atom stereocenters. The third-order valence-corrected chi connectivity index (χ3v) is 2.88. The highest BCUT2D eigenvalue weighted by Crippen LogP contribution is 2.21. The van der Waals surface area contributed by atoms with Crippen molar-refractivity contribution in [1.82, 2.24) is 9.78 Å². The van der Waals surface area contributed by atoms with Crippen molar-refractivity contribution in [3.63, 3.8) is 0 Å². The van der Waals surface area contributed by atoms with Gasteiger partial charge < -0.3 is 0 Å². The number of hydrogen-bond donors (Lipinski definition) is 1. The molecule has 4 nitrogen and oxygen atoms in total. The van der Waals surface area contributed by atoms with E-state index in [0.29, 0.717) is 11.1 Å². The summed E-state index contributed by atoms with van der Waals surface area (Å²) >= 11 is 0. The van der Waals surface area contributed by atoms with Gasteiger partial charge >= 0.3 is 0 Å². The Kier molecular flexibility index (Phi) is 2.60. The molecule has 17 heavy (non-hydrogen) atoms. The molecule has 0 saturated heterocycles. The van der Waals surface area contributed by atoms with Gasteiger partial charge in [0, 0.05) is 12.7 Å². The average Bonchev–Trinajstić information content (AvgIpc) is 2.55. The molecule has 1 aromatic heterocycles. The van der Waals surface area contributed by atoms with Crippen LogP contribution >= 0.6 is 0 Å². The summed E-state index contributed by atoms with van der Waals surface area (Å²) in [7, 11) is 1.68. The minimum Gasteiger partial charge on any atom is -0.300 e. The first kappa shape index (κ1) is 11.2. The van der Waals surface area contributed by atoms with Gasteiger partial charge in [-0.3, -0.25) is 14.6 Å². The van der Waals surface area contributed by atoms with Crippen molar-refractivity contribution in [3.05, 3.63) is 45.4 Å². The Bertz CT molecular complexity index is 671. The molecule has 1 heterocycles. The van der Waals surface area contributed by atoms with Crippen molar-refractivity contribution in [2.24, 2.45) is 7.05 Å². The maximum absolute atomic E-state index is 11.9. The lowest BCUT2D eigenvalue weighted by Crippen LogP contribution is -2.13. The van der Waals surface area contributed by atoms with Crippen LogP contribution in [0.1, 0.15) is 16.8 Å². The fraction of sp³-hybridized carbons (Fsp3) is 0.231. The summed E-state index contributed by atoms with van der Waals surface area (Å²) in [6.45, 7) is 3.73. The zero-order chi connectivity index (χ0) is 12.6. The lowest BCUT2D eigenvalue weighted by molar-refractivity contribution is 0.731. The van der Waals surface area contributed by atoms with Gasteiger partial charge in [-0.1, -0.05) is 12.1 Å². The SMILES string of the molecule is Cc1ccc(-c2c(C)[nH]n(C)c2=O)cc1C#N. The standard InChI is InChI=1S/C13H13N3O/c1-8-4-5-10(6-11(8)7-14)12-9(2)15-16(3)13(12)17/h4-6,15H,1-3H3. The van der Waals surface area contributed by atoms with Crippen molar-refractivity contribution in [3.8, 4) is 17.2 Å². The second kappa shape index (κ2) is 3.95. The molecule has 0 saturated carbocycles. The molecule has 1 N–H and O–H groups in total. The third kappa shape index (κ3) is 1.76. The van der Waals surface area contributed by atoms with Crippen LogP contribution in [0.2, 0.25) is 0 Å². The fourth-order valence-electron chi connectivity index (χ4n) is 1.92. The van der Waals surface area contributed by atoms with Gasteiger partial charge in [0.05, 0.1) is 17.2 Å². The number of hydrogen-bond acceptors (Lipinski definition) is 2. The highest BCUT2D eigenvalue weighted by Gasteiger charge is 2.12. The third-order valence-electron chi connectivity index (χ3n) is 2.88. The summed E-state index contributed by atoms with van der Waals surface area (Å²) < 4.78 is 1.44. The number of nitrogens with one attached hydrogen (secondary N) is 1. The molecule has 0 aliphatic heterocycles. The van der Waals surface area contributed by atoms with Gasteiger partial charge in [-0.2, -0.15) is 5.26 Å². The number of aromatic amines is 1. The average molecular weight is 227 g/mol. The highest BCUT2D eigenvalue weighted by atomic mass is 16.1. The van der Waals surface area contributed by atoms with Gasteiger partial charge in [-0.05, 0) is 31.0 Å². The van der Waals surface area contributed by atoms with Gasteiger partial charge in [-0.25, -0.2) is 0 Å². The minimum absolute atomic E-state index is 0.0738. The number of nitrogens with zero attached hydrogens (tertiary/aromatic N) is 2. The predicted molar refractivity (Wildman–Crippen MR) is 65.7 cm³/mol. The maximum atomic E-state index is 11.9. The molecule has 0 fully saturated rings. The van der Waals surface area contributed by atoms with Gasteiger partial charge in [-0.15, -0.1) is 0 Å². The van der Waals surface area contributed by atoms with Crippen LogP contribution in [0.25, 0.3) is 11.1 Å². The molecule has 0 aliphatic rings. The molecule has 4 heteroatoms. The molecule has 0 unspecified atom stereocenters. The Morgan fingerprint density at radius 1 is 1.35 bits per heavy atom. The first-order chi connectivity index (χ1) is 8.04. The van der Waals surface area contributed by atoms with E-state index in [0.717, 1.165) is 16.8 Å². The Labute approximate surface area is 99.1 Å². The molecule has 0 radical (unpaired) electrons. The van der Waals surface area contributed by atoms with Gasteiger partial charge in [0.2, 0.25) is 0 Å². The van der Waals surface area contributed by atoms with Crippen molar-refractivity contribution in [2.75, 3.05) is 0 Å². The molecule has 86 valence electrons. The molecule has 0 amide bonds. The Balaban J connectivity index is 2.70. The van der Waals surface area contributed by atoms with Crippen LogP contribution in [0.4, 0.5) is 0 Å². The topological polar surface area (TPSA) is 61.6 Å². The number of rotatable bonds is 1. The lowest BCUT2D eigenvalue weighted by Gasteiger charge is -2.01. The Hall–Kier alpha value is -2.28. The maximum Gasteiger partial charge on any atom is 0.274 e. The fourth-order valence-corrected chi connectivity index (χ4v) is 1.92. The Morgan fingerprint density at radius 2 is 2.06 bits per heavy atom. The number of aryl methyl sites for hydroxylation is 3. The van der Waals surface area contributed by atoms with E-state index in [1.165, 1.54) is 4.68 Å². The summed E-state index contributed by atoms with van der Waals surface area (Å²) in [6.07, 6.45) is 0. The lowest BCUT2D eigenvalue weighted by atomic mass is 10.0. The first-order valence-electron chi connectivity index (χ1n) is 5.31. The number of aromatic nitrogens is 2. The van der Waals surface area contributed by atoms with Gasteiger partial charge in [0.25, 0.3) is 5.56 Å². The number of H-pyrrole nitrogens is 1. The second-order valence-corrected chi connectivity index (χ2v) is 4.12. The summed E-state index contributed by atoms with van der Waals surface area (Å²) in [5.41, 5.74) is 3.67. The van der Waals surface area contributed by atoms with E-state index in [4.69, 9.17) is 5.26 Å². The van der Waals surface area contributed by atoms with Crippen LogP contribution in [0, 0.1) is 25.2 Å². The van der Waals surface area contributed by atoms with Crippen LogP contribution in [-0.2, 0) is 7.05 Å². The highest BCUT2D eigenvalue weighted by molar-refractivity contribution is 5.67. The zero-order valence-corrected chi connectivity index (χ0v) is 10.0. The van der Waals surface area contributed by atoms with E-state index in [-0.39, 0.29) is 5.56 Å². The molecule has 2 rings (SSSR count). The van der Waals surface area contributed by atoms with Crippen molar-refractivity contribution in [1.29, 1.82) is 5.26 Å². The smallest absolute Gasteiger partial charge is 0.274 e. The van der Waals surface area contributed by atoms with Crippen LogP contribution < -0.4 is 5.56 Å². The van der Waals surface area contributed by atoms with E-state index in [2.05, 4.69) is 11.2 Å². The van der Waals surface area contributed by atoms with E-state index in [1.54, 1.807) is 13.1 Å². The molecule has 0 aliphatic carbocycles. The summed E-state index contributed by atoms with van der Waals surface area (Å²) in [5, 5.41) is 11.9. The van der Waals surface area contributed by atoms with E-state index in [9.17, 15) is 4.79 Å². The minimum atomic E-state index is -0.0738. The molecular formula is C13H13N3O. The van der Waals surface area contributed by atoms with Crippen LogP contribution in [0.15, 0.2) is 23.0 Å². The van der Waals surface area contributed by atoms with Crippen molar-refractivity contribution in [2.45, 2.75) is 13.8 Å². The summed E-state index contributed by atoms with van der Waals surface area (Å²) in [5.74, 6) is 0. The summed E-state index contributed by atoms with van der Waals surface area (Å²) in [6, 6.07) is 7.62. The second-order valence-electron chi connectivity index (χ2n) is 4.12. The molecular weight excluding hydrogens is 214 g/mol. The van der Waals surface area contributed by atoms with Crippen LogP contribution in [0.5, 0.6) is 0 Å². The van der Waals surface area contributed by atoms with Crippen LogP contribution in [-0.4, -0.2) is 9.78 Å². The van der Waals surface area contributed by atoms with Crippen molar-refractivity contribution >= 4 is 0 Å². The quantitative estimate of drug-likeness (QED) is 0.808. The normalized spacial score (nSPS) is 10.2. The Morgan fingerprint density at radius 3 is 2.59 bits per heavy atom. The van der Waals surface area contributed by atoms with E-state index in [1.807, 2.05) is 26.0 Å². The first-order valence-corrected chi connectivity index (χ1v) is 5.31. The molecule has 2 aromatic rings. The van der Waals surface area contributed by atoms with E-state index >= 15 is 0 Å². The zero-order valence-electron chi connectivity index (χ0n) is 10.0. The van der Waals surface area contributed by atoms with Gasteiger partial charge in [0.1, 0.15) is 0 Å².